The summed E-state index contributed by atoms with van der Waals surface area (Å²) in [4.78, 5) is 21.5. The van der Waals surface area contributed by atoms with E-state index in [2.05, 4.69) is 9.88 Å². The summed E-state index contributed by atoms with van der Waals surface area (Å²) in [6.07, 6.45) is 2.53. The van der Waals surface area contributed by atoms with Gasteiger partial charge in [-0.15, -0.1) is 11.3 Å². The number of halogens is 1. The van der Waals surface area contributed by atoms with Gasteiger partial charge in [0.15, 0.2) is 0 Å². The number of nitrogens with zero attached hydrogens (tertiary/aromatic N) is 3. The van der Waals surface area contributed by atoms with E-state index >= 15 is 0 Å². The van der Waals surface area contributed by atoms with Crippen LogP contribution in [0.25, 0.3) is 0 Å². The van der Waals surface area contributed by atoms with Crippen LogP contribution in [0.15, 0.2) is 28.5 Å². The minimum Gasteiger partial charge on any atom is -0.472 e. The summed E-state index contributed by atoms with van der Waals surface area (Å²) in [6.45, 7) is 3.58. The number of thiazole rings is 1. The Morgan fingerprint density at radius 3 is 3.09 bits per heavy atom. The Bertz CT molecular complexity index is 658. The first-order chi connectivity index (χ1) is 11.0. The molecule has 0 spiro atoms. The number of hydrogen-bond acceptors (Lipinski definition) is 5. The topological polar surface area (TPSA) is 49.6 Å². The number of likely N-dealkylation sites (tertiary alicyclic amines) is 1. The van der Waals surface area contributed by atoms with Crippen molar-refractivity contribution in [1.82, 2.24) is 14.8 Å². The highest BCUT2D eigenvalue weighted by molar-refractivity contribution is 7.09. The summed E-state index contributed by atoms with van der Waals surface area (Å²) in [5.74, 6) is -0.102. The van der Waals surface area contributed by atoms with Crippen LogP contribution in [0.2, 0.25) is 0 Å². The molecule has 1 saturated heterocycles. The number of furan rings is 1. The average molecular weight is 337 g/mol. The predicted octanol–water partition coefficient (Wildman–Crippen LogP) is 2.73. The van der Waals surface area contributed by atoms with Gasteiger partial charge >= 0.3 is 0 Å². The Hall–Kier alpha value is -1.73. The molecule has 3 rings (SSSR count). The Morgan fingerprint density at radius 1 is 1.61 bits per heavy atom. The number of carbonyl (C=O) groups excluding carboxylic acids is 1. The van der Waals surface area contributed by atoms with Gasteiger partial charge in [-0.3, -0.25) is 9.69 Å². The van der Waals surface area contributed by atoms with Crippen molar-refractivity contribution >= 4 is 17.2 Å². The van der Waals surface area contributed by atoms with Gasteiger partial charge in [0.2, 0.25) is 0 Å². The number of carbonyl (C=O) groups is 1. The van der Waals surface area contributed by atoms with Gasteiger partial charge in [-0.05, 0) is 19.4 Å². The van der Waals surface area contributed by atoms with Crippen LogP contribution in [-0.4, -0.2) is 53.0 Å². The second kappa shape index (κ2) is 6.80. The van der Waals surface area contributed by atoms with E-state index in [-0.39, 0.29) is 11.9 Å². The molecule has 7 heteroatoms. The summed E-state index contributed by atoms with van der Waals surface area (Å²) in [5.41, 5.74) is 3.34. The number of aryl methyl sites for hydroxylation is 1. The van der Waals surface area contributed by atoms with Gasteiger partial charge in [-0.25, -0.2) is 9.37 Å². The monoisotopic (exact) mass is 337 g/mol. The van der Waals surface area contributed by atoms with E-state index < -0.39 is 6.17 Å². The fourth-order valence-electron chi connectivity index (χ4n) is 2.97. The third-order valence-electron chi connectivity index (χ3n) is 4.27. The fraction of sp³-hybridized carbons (Fsp3) is 0.500. The molecule has 1 aliphatic heterocycles. The fourth-order valence-corrected chi connectivity index (χ4v) is 3.78. The smallest absolute Gasteiger partial charge is 0.256 e. The van der Waals surface area contributed by atoms with Crippen molar-refractivity contribution in [1.29, 1.82) is 0 Å². The summed E-state index contributed by atoms with van der Waals surface area (Å²) in [6, 6.07) is 1.66. The molecule has 1 fully saturated rings. The molecule has 23 heavy (non-hydrogen) atoms. The first-order valence-corrected chi connectivity index (χ1v) is 8.47. The van der Waals surface area contributed by atoms with Crippen LogP contribution < -0.4 is 0 Å². The first kappa shape index (κ1) is 16.1. The van der Waals surface area contributed by atoms with Crippen LogP contribution in [0.5, 0.6) is 0 Å². The maximum absolute atomic E-state index is 13.9. The maximum Gasteiger partial charge on any atom is 0.256 e. The molecule has 1 aliphatic rings. The number of hydrogen-bond donors (Lipinski definition) is 0. The number of rotatable bonds is 5. The molecule has 0 bridgehead atoms. The summed E-state index contributed by atoms with van der Waals surface area (Å²) in [7, 11) is 1.75. The molecule has 5 nitrogen and oxygen atoms in total. The first-order valence-electron chi connectivity index (χ1n) is 7.59. The van der Waals surface area contributed by atoms with Crippen molar-refractivity contribution in [2.45, 2.75) is 32.1 Å². The lowest BCUT2D eigenvalue weighted by Crippen LogP contribution is -2.40. The highest BCUT2D eigenvalue weighted by Gasteiger charge is 2.34. The minimum atomic E-state index is -0.842. The van der Waals surface area contributed by atoms with Gasteiger partial charge in [-0.2, -0.15) is 0 Å². The molecule has 2 aromatic rings. The lowest BCUT2D eigenvalue weighted by atomic mass is 10.2. The molecule has 0 aliphatic carbocycles. The van der Waals surface area contributed by atoms with Crippen molar-refractivity contribution in [2.75, 3.05) is 20.1 Å². The third kappa shape index (κ3) is 3.61. The zero-order valence-electron chi connectivity index (χ0n) is 13.2. The van der Waals surface area contributed by atoms with Gasteiger partial charge < -0.3 is 9.32 Å². The Morgan fingerprint density at radius 2 is 2.43 bits per heavy atom. The van der Waals surface area contributed by atoms with Gasteiger partial charge in [0, 0.05) is 37.6 Å². The number of aromatic nitrogens is 1. The van der Waals surface area contributed by atoms with Crippen LogP contribution in [0, 0.1) is 6.92 Å². The lowest BCUT2D eigenvalue weighted by molar-refractivity contribution is 0.0749. The number of amides is 1. The molecule has 0 unspecified atom stereocenters. The van der Waals surface area contributed by atoms with Crippen molar-refractivity contribution in [3.63, 3.8) is 0 Å². The number of alkyl halides is 1. The van der Waals surface area contributed by atoms with E-state index in [0.717, 1.165) is 10.6 Å². The second-order valence-electron chi connectivity index (χ2n) is 5.97. The molecule has 0 radical (unpaired) electrons. The molecule has 0 N–H and O–H groups in total. The van der Waals surface area contributed by atoms with Crippen molar-refractivity contribution in [3.8, 4) is 0 Å². The second-order valence-corrected chi connectivity index (χ2v) is 6.91. The molecule has 3 heterocycles. The molecule has 124 valence electrons. The quantitative estimate of drug-likeness (QED) is 0.842. The van der Waals surface area contributed by atoms with Crippen molar-refractivity contribution < 1.29 is 13.6 Å². The van der Waals surface area contributed by atoms with Crippen molar-refractivity contribution in [2.24, 2.45) is 0 Å². The number of likely N-dealkylation sites (N-methyl/N-ethyl adjacent to an activating group) is 1. The van der Waals surface area contributed by atoms with E-state index in [4.69, 9.17) is 4.42 Å². The van der Waals surface area contributed by atoms with Crippen LogP contribution in [-0.2, 0) is 6.54 Å². The zero-order chi connectivity index (χ0) is 16.4. The molecule has 2 atom stereocenters. The molecule has 0 saturated carbocycles. The van der Waals surface area contributed by atoms with Crippen LogP contribution in [0.4, 0.5) is 4.39 Å². The van der Waals surface area contributed by atoms with E-state index in [1.54, 1.807) is 29.4 Å². The Labute approximate surface area is 138 Å². The SMILES string of the molecule is Cc1ncsc1CN1C[C@@H](F)C[C@H]1CN(C)C(=O)c1ccoc1. The molecule has 2 aromatic heterocycles. The highest BCUT2D eigenvalue weighted by atomic mass is 32.1. The van der Waals surface area contributed by atoms with E-state index in [1.165, 1.54) is 12.5 Å². The van der Waals surface area contributed by atoms with Crippen LogP contribution >= 0.6 is 11.3 Å². The van der Waals surface area contributed by atoms with Crippen LogP contribution in [0.1, 0.15) is 27.3 Å². The van der Waals surface area contributed by atoms with E-state index in [9.17, 15) is 9.18 Å². The predicted molar refractivity (Wildman–Crippen MR) is 86.2 cm³/mol. The maximum atomic E-state index is 13.9. The van der Waals surface area contributed by atoms with Gasteiger partial charge in [0.25, 0.3) is 5.91 Å². The van der Waals surface area contributed by atoms with E-state index in [1.807, 2.05) is 12.4 Å². The van der Waals surface area contributed by atoms with E-state index in [0.29, 0.717) is 31.6 Å². The normalized spacial score (nSPS) is 21.7. The molecule has 1 amide bonds. The highest BCUT2D eigenvalue weighted by Crippen LogP contribution is 2.26. The Kier molecular flexibility index (Phi) is 4.77. The average Bonchev–Trinajstić information content (AvgIpc) is 3.23. The van der Waals surface area contributed by atoms with Crippen LogP contribution in [0.3, 0.4) is 0 Å². The lowest BCUT2D eigenvalue weighted by Gasteiger charge is -2.28. The molecular formula is C16H20FN3O2S. The Balaban J connectivity index is 1.65. The van der Waals surface area contributed by atoms with Crippen molar-refractivity contribution in [3.05, 3.63) is 40.2 Å². The standard InChI is InChI=1S/C16H20FN3O2S/c1-11-15(23-10-18-11)8-20-6-13(17)5-14(20)7-19(2)16(21)12-3-4-22-9-12/h3-4,9-10,13-14H,5-8H2,1-2H3/t13-,14-/m0/s1. The minimum absolute atomic E-state index is 0.0207. The van der Waals surface area contributed by atoms with Gasteiger partial charge in [0.1, 0.15) is 12.4 Å². The molecule has 0 aromatic carbocycles. The van der Waals surface area contributed by atoms with Gasteiger partial charge in [0.05, 0.1) is 23.0 Å². The molecular weight excluding hydrogens is 317 g/mol. The third-order valence-corrected chi connectivity index (χ3v) is 5.19. The summed E-state index contributed by atoms with van der Waals surface area (Å²) in [5, 5.41) is 0. The van der Waals surface area contributed by atoms with Gasteiger partial charge in [-0.1, -0.05) is 0 Å². The zero-order valence-corrected chi connectivity index (χ0v) is 14.1. The summed E-state index contributed by atoms with van der Waals surface area (Å²) < 4.78 is 18.9. The summed E-state index contributed by atoms with van der Waals surface area (Å²) >= 11 is 1.59. The largest absolute Gasteiger partial charge is 0.472 e.